The van der Waals surface area contributed by atoms with Crippen LogP contribution in [0.3, 0.4) is 0 Å². The van der Waals surface area contributed by atoms with Gasteiger partial charge in [0.15, 0.2) is 0 Å². The van der Waals surface area contributed by atoms with Gasteiger partial charge in [0.05, 0.1) is 12.1 Å². The van der Waals surface area contributed by atoms with Crippen LogP contribution in [-0.4, -0.2) is 24.2 Å². The number of anilines is 1. The summed E-state index contributed by atoms with van der Waals surface area (Å²) in [6.45, 7) is 4.76. The smallest absolute Gasteiger partial charge is 0.319 e. The Balaban J connectivity index is 1.48. The van der Waals surface area contributed by atoms with Gasteiger partial charge in [-0.25, -0.2) is 4.79 Å². The molecule has 0 spiro atoms. The fraction of sp³-hybridized carbons (Fsp3) is 0.200. The Morgan fingerprint density at radius 2 is 1.88 bits per heavy atom. The number of benzene rings is 2. The molecule has 5 heteroatoms. The van der Waals surface area contributed by atoms with E-state index in [1.165, 1.54) is 0 Å². The number of ether oxygens (including phenoxy) is 1. The molecule has 128 valence electrons. The van der Waals surface area contributed by atoms with Crippen LogP contribution in [0, 0.1) is 13.8 Å². The zero-order chi connectivity index (χ0) is 17.6. The lowest BCUT2D eigenvalue weighted by Crippen LogP contribution is -2.32. The molecule has 0 radical (unpaired) electrons. The second-order valence-corrected chi connectivity index (χ2v) is 5.85. The average molecular weight is 335 g/mol. The first-order chi connectivity index (χ1) is 12.1. The van der Waals surface area contributed by atoms with E-state index in [1.54, 1.807) is 6.20 Å². The van der Waals surface area contributed by atoms with Crippen LogP contribution in [0.1, 0.15) is 11.1 Å². The van der Waals surface area contributed by atoms with Gasteiger partial charge in [0, 0.05) is 17.3 Å². The highest BCUT2D eigenvalue weighted by Gasteiger charge is 2.06. The van der Waals surface area contributed by atoms with Crippen molar-refractivity contribution in [1.29, 1.82) is 0 Å². The monoisotopic (exact) mass is 335 g/mol. The summed E-state index contributed by atoms with van der Waals surface area (Å²) in [4.78, 5) is 16.3. The number of hydrogen-bond acceptors (Lipinski definition) is 3. The van der Waals surface area contributed by atoms with Crippen LogP contribution in [0.25, 0.3) is 10.9 Å². The van der Waals surface area contributed by atoms with Crippen LogP contribution in [0.15, 0.2) is 54.7 Å². The van der Waals surface area contributed by atoms with Crippen molar-refractivity contribution in [2.45, 2.75) is 13.8 Å². The number of amides is 2. The minimum atomic E-state index is -0.233. The van der Waals surface area contributed by atoms with Gasteiger partial charge >= 0.3 is 6.03 Å². The number of nitrogens with zero attached hydrogens (tertiary/aromatic N) is 1. The summed E-state index contributed by atoms with van der Waals surface area (Å²) in [6, 6.07) is 15.3. The second-order valence-electron chi connectivity index (χ2n) is 5.85. The molecule has 0 saturated carbocycles. The molecule has 25 heavy (non-hydrogen) atoms. The van der Waals surface area contributed by atoms with Crippen LogP contribution in [0.2, 0.25) is 0 Å². The van der Waals surface area contributed by atoms with Crippen LogP contribution >= 0.6 is 0 Å². The molecule has 5 nitrogen and oxygen atoms in total. The van der Waals surface area contributed by atoms with E-state index >= 15 is 0 Å². The van der Waals surface area contributed by atoms with Gasteiger partial charge < -0.3 is 15.4 Å². The number of rotatable bonds is 5. The normalized spacial score (nSPS) is 10.5. The van der Waals surface area contributed by atoms with Gasteiger partial charge in [-0.05, 0) is 49.2 Å². The average Bonchev–Trinajstić information content (AvgIpc) is 2.62. The maximum atomic E-state index is 12.0. The van der Waals surface area contributed by atoms with Crippen molar-refractivity contribution < 1.29 is 9.53 Å². The number of urea groups is 1. The van der Waals surface area contributed by atoms with E-state index in [1.807, 2.05) is 62.4 Å². The summed E-state index contributed by atoms with van der Waals surface area (Å²) >= 11 is 0. The molecule has 3 rings (SSSR count). The molecule has 0 aliphatic heterocycles. The standard InChI is InChI=1S/C20H21N3O2/c1-14-5-3-6-15(2)19(14)23-20(24)22-11-12-25-17-8-9-18-16(13-17)7-4-10-21-18/h3-10,13H,11-12H2,1-2H3,(H2,22,23,24). The highest BCUT2D eigenvalue weighted by Crippen LogP contribution is 2.19. The number of fused-ring (bicyclic) bond motifs is 1. The largest absolute Gasteiger partial charge is 0.492 e. The van der Waals surface area contributed by atoms with Gasteiger partial charge in [-0.3, -0.25) is 4.98 Å². The highest BCUT2D eigenvalue weighted by atomic mass is 16.5. The molecule has 0 aliphatic carbocycles. The Morgan fingerprint density at radius 3 is 2.68 bits per heavy atom. The zero-order valence-electron chi connectivity index (χ0n) is 14.4. The maximum absolute atomic E-state index is 12.0. The molecule has 2 aromatic carbocycles. The summed E-state index contributed by atoms with van der Waals surface area (Å²) in [7, 11) is 0. The molecule has 2 N–H and O–H groups in total. The van der Waals surface area contributed by atoms with Gasteiger partial charge in [0.2, 0.25) is 0 Å². The fourth-order valence-electron chi connectivity index (χ4n) is 2.65. The number of carbonyl (C=O) groups is 1. The van der Waals surface area contributed by atoms with Crippen molar-refractivity contribution in [1.82, 2.24) is 10.3 Å². The van der Waals surface area contributed by atoms with Gasteiger partial charge in [-0.15, -0.1) is 0 Å². The number of nitrogens with one attached hydrogen (secondary N) is 2. The number of para-hydroxylation sites is 1. The topological polar surface area (TPSA) is 63.2 Å². The van der Waals surface area contributed by atoms with E-state index in [9.17, 15) is 4.79 Å². The Kier molecular flexibility index (Phi) is 5.14. The predicted molar refractivity (Wildman–Crippen MR) is 100 cm³/mol. The van der Waals surface area contributed by atoms with Crippen molar-refractivity contribution in [3.8, 4) is 5.75 Å². The molecular weight excluding hydrogens is 314 g/mol. The second kappa shape index (κ2) is 7.66. The number of hydrogen-bond donors (Lipinski definition) is 2. The quantitative estimate of drug-likeness (QED) is 0.691. The maximum Gasteiger partial charge on any atom is 0.319 e. The zero-order valence-corrected chi connectivity index (χ0v) is 14.4. The van der Waals surface area contributed by atoms with Crippen molar-refractivity contribution >= 4 is 22.6 Å². The molecular formula is C20H21N3O2. The van der Waals surface area contributed by atoms with Crippen molar-refractivity contribution in [3.05, 3.63) is 65.9 Å². The van der Waals surface area contributed by atoms with Gasteiger partial charge in [0.1, 0.15) is 12.4 Å². The summed E-state index contributed by atoms with van der Waals surface area (Å²) in [6.07, 6.45) is 1.77. The van der Waals surface area contributed by atoms with E-state index in [2.05, 4.69) is 15.6 Å². The van der Waals surface area contributed by atoms with E-state index in [4.69, 9.17) is 4.74 Å². The third-order valence-corrected chi connectivity index (χ3v) is 3.95. The van der Waals surface area contributed by atoms with Gasteiger partial charge in [0.25, 0.3) is 0 Å². The Hall–Kier alpha value is -3.08. The molecule has 0 bridgehead atoms. The summed E-state index contributed by atoms with van der Waals surface area (Å²) in [5, 5.41) is 6.72. The van der Waals surface area contributed by atoms with Gasteiger partial charge in [-0.2, -0.15) is 0 Å². The predicted octanol–water partition coefficient (Wildman–Crippen LogP) is 4.05. The van der Waals surface area contributed by atoms with Crippen molar-refractivity contribution in [2.75, 3.05) is 18.5 Å². The number of carbonyl (C=O) groups excluding carboxylic acids is 1. The summed E-state index contributed by atoms with van der Waals surface area (Å²) in [5.41, 5.74) is 3.86. The van der Waals surface area contributed by atoms with E-state index in [-0.39, 0.29) is 6.03 Å². The molecule has 2 amide bonds. The van der Waals surface area contributed by atoms with E-state index in [0.29, 0.717) is 13.2 Å². The van der Waals surface area contributed by atoms with Crippen LogP contribution in [0.5, 0.6) is 5.75 Å². The summed E-state index contributed by atoms with van der Waals surface area (Å²) in [5.74, 6) is 0.762. The number of aryl methyl sites for hydroxylation is 2. The van der Waals surface area contributed by atoms with Crippen LogP contribution < -0.4 is 15.4 Å². The van der Waals surface area contributed by atoms with Crippen molar-refractivity contribution in [2.24, 2.45) is 0 Å². The third kappa shape index (κ3) is 4.26. The third-order valence-electron chi connectivity index (χ3n) is 3.95. The molecule has 0 unspecified atom stereocenters. The summed E-state index contributed by atoms with van der Waals surface area (Å²) < 4.78 is 5.69. The fourth-order valence-corrected chi connectivity index (χ4v) is 2.65. The minimum Gasteiger partial charge on any atom is -0.492 e. The Labute approximate surface area is 147 Å². The van der Waals surface area contributed by atoms with Gasteiger partial charge in [-0.1, -0.05) is 24.3 Å². The molecule has 1 aromatic heterocycles. The highest BCUT2D eigenvalue weighted by molar-refractivity contribution is 5.91. The van der Waals surface area contributed by atoms with Crippen LogP contribution in [-0.2, 0) is 0 Å². The van der Waals surface area contributed by atoms with Crippen LogP contribution in [0.4, 0.5) is 10.5 Å². The van der Waals surface area contributed by atoms with E-state index < -0.39 is 0 Å². The lowest BCUT2D eigenvalue weighted by Gasteiger charge is -2.13. The minimum absolute atomic E-state index is 0.233. The van der Waals surface area contributed by atoms with E-state index in [0.717, 1.165) is 33.5 Å². The molecule has 0 saturated heterocycles. The van der Waals surface area contributed by atoms with Crippen molar-refractivity contribution in [3.63, 3.8) is 0 Å². The number of pyridine rings is 1. The molecule has 0 aliphatic rings. The first-order valence-electron chi connectivity index (χ1n) is 8.22. The molecule has 0 fully saturated rings. The molecule has 1 heterocycles. The first-order valence-corrected chi connectivity index (χ1v) is 8.22. The Bertz CT molecular complexity index is 873. The first kappa shape index (κ1) is 16.8. The Morgan fingerprint density at radius 1 is 1.08 bits per heavy atom. The molecule has 3 aromatic rings. The number of aromatic nitrogens is 1. The lowest BCUT2D eigenvalue weighted by molar-refractivity contribution is 0.247. The molecule has 0 atom stereocenters. The SMILES string of the molecule is Cc1cccc(C)c1NC(=O)NCCOc1ccc2ncccc2c1. The lowest BCUT2D eigenvalue weighted by atomic mass is 10.1.